The summed E-state index contributed by atoms with van der Waals surface area (Å²) in [6, 6.07) is 8.32. The van der Waals surface area contributed by atoms with Gasteiger partial charge < -0.3 is 4.74 Å². The number of ether oxygens (including phenoxy) is 1. The molecular weight excluding hydrogens is 228 g/mol. The number of alkyl halides is 1. The molecule has 0 unspecified atom stereocenters. The Kier molecular flexibility index (Phi) is 2.33. The van der Waals surface area contributed by atoms with E-state index in [4.69, 9.17) is 4.74 Å². The zero-order chi connectivity index (χ0) is 9.31. The van der Waals surface area contributed by atoms with Crippen molar-refractivity contribution in [1.29, 1.82) is 0 Å². The summed E-state index contributed by atoms with van der Waals surface area (Å²) in [5.41, 5.74) is 1.72. The van der Waals surface area contributed by atoms with Gasteiger partial charge in [0, 0.05) is 16.3 Å². The molecule has 1 saturated carbocycles. The normalized spacial score (nSPS) is 18.3. The van der Waals surface area contributed by atoms with Gasteiger partial charge in [0.1, 0.15) is 5.75 Å². The fourth-order valence-corrected chi connectivity index (χ4v) is 2.57. The first-order chi connectivity index (χ1) is 6.32. The van der Waals surface area contributed by atoms with Crippen LogP contribution in [-0.2, 0) is 5.41 Å². The smallest absolute Gasteiger partial charge is 0.122 e. The van der Waals surface area contributed by atoms with Crippen molar-refractivity contribution in [2.75, 3.05) is 12.4 Å². The van der Waals surface area contributed by atoms with Crippen LogP contribution >= 0.6 is 15.9 Å². The van der Waals surface area contributed by atoms with Gasteiger partial charge in [0.2, 0.25) is 0 Å². The number of rotatable bonds is 3. The molecule has 1 aromatic carbocycles. The minimum absolute atomic E-state index is 0.368. The molecule has 0 N–H and O–H groups in total. The second kappa shape index (κ2) is 3.33. The third-order valence-electron chi connectivity index (χ3n) is 2.79. The predicted molar refractivity (Wildman–Crippen MR) is 57.7 cm³/mol. The molecule has 1 aromatic rings. The van der Waals surface area contributed by atoms with E-state index in [9.17, 15) is 0 Å². The number of halogens is 1. The zero-order valence-corrected chi connectivity index (χ0v) is 9.30. The van der Waals surface area contributed by atoms with Gasteiger partial charge in [0.25, 0.3) is 0 Å². The van der Waals surface area contributed by atoms with Crippen molar-refractivity contribution in [2.45, 2.75) is 18.3 Å². The number of methoxy groups -OCH3 is 1. The van der Waals surface area contributed by atoms with Gasteiger partial charge in [-0.25, -0.2) is 0 Å². The minimum Gasteiger partial charge on any atom is -0.496 e. The van der Waals surface area contributed by atoms with Crippen LogP contribution in [0.1, 0.15) is 18.4 Å². The first kappa shape index (κ1) is 9.07. The van der Waals surface area contributed by atoms with Gasteiger partial charge >= 0.3 is 0 Å². The first-order valence-electron chi connectivity index (χ1n) is 4.52. The summed E-state index contributed by atoms with van der Waals surface area (Å²) in [4.78, 5) is 0. The molecule has 0 aromatic heterocycles. The fraction of sp³-hybridized carbons (Fsp3) is 0.455. The molecule has 0 spiro atoms. The van der Waals surface area contributed by atoms with Crippen LogP contribution in [0.5, 0.6) is 5.75 Å². The molecule has 2 rings (SSSR count). The van der Waals surface area contributed by atoms with Crippen molar-refractivity contribution in [2.24, 2.45) is 0 Å². The molecule has 0 heterocycles. The molecule has 0 saturated heterocycles. The largest absolute Gasteiger partial charge is 0.496 e. The van der Waals surface area contributed by atoms with Crippen molar-refractivity contribution in [3.63, 3.8) is 0 Å². The molecule has 1 nitrogen and oxygen atoms in total. The van der Waals surface area contributed by atoms with E-state index in [-0.39, 0.29) is 0 Å². The SMILES string of the molecule is COc1ccccc1C1(CBr)CC1. The number of hydrogen-bond donors (Lipinski definition) is 0. The topological polar surface area (TPSA) is 9.23 Å². The highest BCUT2D eigenvalue weighted by Gasteiger charge is 2.44. The van der Waals surface area contributed by atoms with E-state index in [2.05, 4.69) is 28.1 Å². The minimum atomic E-state index is 0.368. The van der Waals surface area contributed by atoms with Crippen molar-refractivity contribution in [3.8, 4) is 5.75 Å². The van der Waals surface area contributed by atoms with Crippen LogP contribution < -0.4 is 4.74 Å². The van der Waals surface area contributed by atoms with Gasteiger partial charge in [0.05, 0.1) is 7.11 Å². The summed E-state index contributed by atoms with van der Waals surface area (Å²) in [5.74, 6) is 1.03. The molecule has 0 amide bonds. The lowest BCUT2D eigenvalue weighted by Gasteiger charge is -2.15. The van der Waals surface area contributed by atoms with E-state index in [0.717, 1.165) is 11.1 Å². The molecule has 0 radical (unpaired) electrons. The molecule has 1 aliphatic rings. The lowest BCUT2D eigenvalue weighted by Crippen LogP contribution is -2.09. The van der Waals surface area contributed by atoms with E-state index in [0.29, 0.717) is 5.41 Å². The molecular formula is C11H13BrO. The van der Waals surface area contributed by atoms with Crippen LogP contribution in [0.4, 0.5) is 0 Å². The second-order valence-electron chi connectivity index (χ2n) is 3.61. The van der Waals surface area contributed by atoms with Gasteiger partial charge in [-0.15, -0.1) is 0 Å². The number of hydrogen-bond acceptors (Lipinski definition) is 1. The maximum atomic E-state index is 5.35. The van der Waals surface area contributed by atoms with Crippen LogP contribution in [0.25, 0.3) is 0 Å². The van der Waals surface area contributed by atoms with Crippen LogP contribution in [0.15, 0.2) is 24.3 Å². The molecule has 1 aliphatic carbocycles. The zero-order valence-electron chi connectivity index (χ0n) is 7.72. The van der Waals surface area contributed by atoms with E-state index in [1.807, 2.05) is 12.1 Å². The summed E-state index contributed by atoms with van der Waals surface area (Å²) < 4.78 is 5.35. The fourth-order valence-electron chi connectivity index (χ4n) is 1.71. The van der Waals surface area contributed by atoms with Crippen LogP contribution in [-0.4, -0.2) is 12.4 Å². The number of para-hydroxylation sites is 1. The monoisotopic (exact) mass is 240 g/mol. The summed E-state index contributed by atoms with van der Waals surface area (Å²) in [7, 11) is 1.74. The van der Waals surface area contributed by atoms with Crippen molar-refractivity contribution < 1.29 is 4.74 Å². The first-order valence-corrected chi connectivity index (χ1v) is 5.64. The van der Waals surface area contributed by atoms with Crippen molar-refractivity contribution in [3.05, 3.63) is 29.8 Å². The third kappa shape index (κ3) is 1.48. The summed E-state index contributed by atoms with van der Waals surface area (Å²) in [6.07, 6.45) is 2.55. The lowest BCUT2D eigenvalue weighted by molar-refractivity contribution is 0.406. The van der Waals surface area contributed by atoms with E-state index in [1.165, 1.54) is 18.4 Å². The summed E-state index contributed by atoms with van der Waals surface area (Å²) >= 11 is 3.58. The van der Waals surface area contributed by atoms with Crippen molar-refractivity contribution >= 4 is 15.9 Å². The van der Waals surface area contributed by atoms with Crippen LogP contribution in [0.2, 0.25) is 0 Å². The Morgan fingerprint density at radius 1 is 1.38 bits per heavy atom. The van der Waals surface area contributed by atoms with E-state index in [1.54, 1.807) is 7.11 Å². The maximum Gasteiger partial charge on any atom is 0.122 e. The summed E-state index contributed by atoms with van der Waals surface area (Å²) in [6.45, 7) is 0. The number of benzene rings is 1. The molecule has 70 valence electrons. The Morgan fingerprint density at radius 2 is 2.08 bits per heavy atom. The Bertz CT molecular complexity index is 305. The Balaban J connectivity index is 2.39. The second-order valence-corrected chi connectivity index (χ2v) is 4.17. The quantitative estimate of drug-likeness (QED) is 0.739. The van der Waals surface area contributed by atoms with Gasteiger partial charge in [0.15, 0.2) is 0 Å². The third-order valence-corrected chi connectivity index (χ3v) is 3.86. The predicted octanol–water partition coefficient (Wildman–Crippen LogP) is 3.12. The molecule has 0 atom stereocenters. The molecule has 13 heavy (non-hydrogen) atoms. The molecule has 2 heteroatoms. The van der Waals surface area contributed by atoms with Gasteiger partial charge in [-0.1, -0.05) is 34.1 Å². The summed E-state index contributed by atoms with van der Waals surface area (Å²) in [5, 5.41) is 1.04. The Hall–Kier alpha value is -0.500. The van der Waals surface area contributed by atoms with Gasteiger partial charge in [-0.3, -0.25) is 0 Å². The van der Waals surface area contributed by atoms with Crippen LogP contribution in [0, 0.1) is 0 Å². The average Bonchev–Trinajstić information content (AvgIpc) is 2.98. The van der Waals surface area contributed by atoms with E-state index < -0.39 is 0 Å². The van der Waals surface area contributed by atoms with Crippen molar-refractivity contribution in [1.82, 2.24) is 0 Å². The Labute approximate surface area is 87.2 Å². The molecule has 0 aliphatic heterocycles. The highest BCUT2D eigenvalue weighted by atomic mass is 79.9. The molecule has 1 fully saturated rings. The van der Waals surface area contributed by atoms with Crippen LogP contribution in [0.3, 0.4) is 0 Å². The Morgan fingerprint density at radius 3 is 2.62 bits per heavy atom. The average molecular weight is 241 g/mol. The highest BCUT2D eigenvalue weighted by Crippen LogP contribution is 2.52. The van der Waals surface area contributed by atoms with Gasteiger partial charge in [-0.2, -0.15) is 0 Å². The molecule has 0 bridgehead atoms. The van der Waals surface area contributed by atoms with Gasteiger partial charge in [-0.05, 0) is 18.9 Å². The highest BCUT2D eigenvalue weighted by molar-refractivity contribution is 9.09. The van der Waals surface area contributed by atoms with E-state index >= 15 is 0 Å². The standard InChI is InChI=1S/C11H13BrO/c1-13-10-5-3-2-4-9(10)11(8-12)6-7-11/h2-5H,6-8H2,1H3. The lowest BCUT2D eigenvalue weighted by atomic mass is 9.97. The maximum absolute atomic E-state index is 5.35.